The topological polar surface area (TPSA) is 29.4 Å². The van der Waals surface area contributed by atoms with E-state index in [1.54, 1.807) is 6.07 Å². The predicted octanol–water partition coefficient (Wildman–Crippen LogP) is 3.22. The molecule has 0 aromatic heterocycles. The smallest absolute Gasteiger partial charge is 0.267 e. The van der Waals surface area contributed by atoms with Crippen molar-refractivity contribution < 1.29 is 4.79 Å². The number of hydrogen-bond acceptors (Lipinski definition) is 3. The summed E-state index contributed by atoms with van der Waals surface area (Å²) < 4.78 is 0.793. The molecule has 0 spiro atoms. The van der Waals surface area contributed by atoms with Gasteiger partial charge in [0.1, 0.15) is 4.38 Å². The van der Waals surface area contributed by atoms with E-state index in [0.717, 1.165) is 9.94 Å². The van der Waals surface area contributed by atoms with Crippen LogP contribution in [0.4, 0.5) is 0 Å². The highest BCUT2D eigenvalue weighted by Gasteiger charge is 2.05. The molecule has 2 nitrogen and oxygen atoms in total. The van der Waals surface area contributed by atoms with E-state index in [4.69, 9.17) is 0 Å². The number of amides is 1. The molecule has 1 rings (SSSR count). The maximum atomic E-state index is 11.7. The molecular weight excluding hydrogens is 226 g/mol. The fraction of sp³-hybridized carbons (Fsp3) is 0.273. The Hall–Kier alpha value is -0.740. The van der Waals surface area contributed by atoms with Crippen molar-refractivity contribution in [3.8, 4) is 0 Å². The summed E-state index contributed by atoms with van der Waals surface area (Å²) in [6, 6.07) is 7.47. The molecular formula is C11H13NOS2. The fourth-order valence-electron chi connectivity index (χ4n) is 1.10. The molecule has 0 fully saturated rings. The molecule has 0 aliphatic heterocycles. The average Bonchev–Trinajstić information content (AvgIpc) is 2.25. The zero-order chi connectivity index (χ0) is 11.3. The average molecular weight is 239 g/mol. The molecule has 15 heavy (non-hydrogen) atoms. The van der Waals surface area contributed by atoms with Crippen LogP contribution in [0, 0.1) is 6.92 Å². The van der Waals surface area contributed by atoms with Gasteiger partial charge in [-0.05, 0) is 31.6 Å². The fourth-order valence-corrected chi connectivity index (χ4v) is 2.12. The minimum atomic E-state index is -0.169. The molecule has 1 aromatic carbocycles. The summed E-state index contributed by atoms with van der Waals surface area (Å²) in [6.07, 6.45) is 3.83. The molecule has 0 saturated heterocycles. The van der Waals surface area contributed by atoms with Crippen molar-refractivity contribution in [1.82, 2.24) is 0 Å². The molecule has 0 unspecified atom stereocenters. The summed E-state index contributed by atoms with van der Waals surface area (Å²) >= 11 is 2.98. The summed E-state index contributed by atoms with van der Waals surface area (Å²) in [5.74, 6) is -0.169. The lowest BCUT2D eigenvalue weighted by atomic mass is 10.1. The summed E-state index contributed by atoms with van der Waals surface area (Å²) in [7, 11) is 0. The van der Waals surface area contributed by atoms with Crippen LogP contribution in [0.15, 0.2) is 29.3 Å². The number of benzene rings is 1. The molecule has 0 heterocycles. The highest BCUT2D eigenvalue weighted by Crippen LogP contribution is 2.13. The van der Waals surface area contributed by atoms with Gasteiger partial charge in [0.2, 0.25) is 0 Å². The van der Waals surface area contributed by atoms with Gasteiger partial charge in [-0.3, -0.25) is 4.79 Å². The number of rotatable bonds is 1. The van der Waals surface area contributed by atoms with Gasteiger partial charge in [-0.2, -0.15) is 4.99 Å². The van der Waals surface area contributed by atoms with Gasteiger partial charge in [0.05, 0.1) is 0 Å². The Balaban J connectivity index is 2.90. The number of carbonyl (C=O) groups is 1. The molecule has 0 saturated carbocycles. The van der Waals surface area contributed by atoms with E-state index in [0.29, 0.717) is 5.56 Å². The third kappa shape index (κ3) is 3.72. The Morgan fingerprint density at radius 1 is 1.27 bits per heavy atom. The van der Waals surface area contributed by atoms with Crippen LogP contribution in [0.2, 0.25) is 0 Å². The number of aliphatic imine (C=N–C) groups is 1. The summed E-state index contributed by atoms with van der Waals surface area (Å²) in [6.45, 7) is 1.96. The van der Waals surface area contributed by atoms with E-state index in [1.807, 2.05) is 37.6 Å². The van der Waals surface area contributed by atoms with Crippen molar-refractivity contribution in [1.29, 1.82) is 0 Å². The number of nitrogens with zero attached hydrogens (tertiary/aromatic N) is 1. The molecule has 0 bridgehead atoms. The van der Waals surface area contributed by atoms with Gasteiger partial charge in [0, 0.05) is 5.56 Å². The van der Waals surface area contributed by atoms with Crippen molar-refractivity contribution in [2.24, 2.45) is 4.99 Å². The van der Waals surface area contributed by atoms with Crippen LogP contribution >= 0.6 is 23.5 Å². The molecule has 4 heteroatoms. The standard InChI is InChI=1S/C11H13NOS2/c1-8-5-4-6-9(7-8)10(13)12-11(14-2)15-3/h4-7H,1-3H3. The van der Waals surface area contributed by atoms with Gasteiger partial charge in [-0.15, -0.1) is 23.5 Å². The van der Waals surface area contributed by atoms with E-state index >= 15 is 0 Å². The van der Waals surface area contributed by atoms with Crippen LogP contribution in [0.1, 0.15) is 15.9 Å². The van der Waals surface area contributed by atoms with Crippen LogP contribution in [0.3, 0.4) is 0 Å². The van der Waals surface area contributed by atoms with Crippen molar-refractivity contribution in [2.75, 3.05) is 12.5 Å². The lowest BCUT2D eigenvalue weighted by Gasteiger charge is -1.99. The largest absolute Gasteiger partial charge is 0.278 e. The first-order valence-electron chi connectivity index (χ1n) is 4.45. The lowest BCUT2D eigenvalue weighted by Crippen LogP contribution is -1.98. The van der Waals surface area contributed by atoms with E-state index in [9.17, 15) is 4.79 Å². The Morgan fingerprint density at radius 3 is 2.47 bits per heavy atom. The molecule has 80 valence electrons. The minimum absolute atomic E-state index is 0.169. The van der Waals surface area contributed by atoms with Gasteiger partial charge < -0.3 is 0 Å². The van der Waals surface area contributed by atoms with Gasteiger partial charge in [0.25, 0.3) is 5.91 Å². The van der Waals surface area contributed by atoms with E-state index in [1.165, 1.54) is 23.5 Å². The van der Waals surface area contributed by atoms with Gasteiger partial charge in [0.15, 0.2) is 0 Å². The number of hydrogen-bond donors (Lipinski definition) is 0. The number of thioether (sulfide) groups is 2. The monoisotopic (exact) mass is 239 g/mol. The van der Waals surface area contributed by atoms with E-state index < -0.39 is 0 Å². The first kappa shape index (κ1) is 12.3. The molecule has 1 amide bonds. The highest BCUT2D eigenvalue weighted by molar-refractivity contribution is 8.38. The van der Waals surface area contributed by atoms with Crippen molar-refractivity contribution in [3.05, 3.63) is 35.4 Å². The molecule has 1 aromatic rings. The number of carbonyl (C=O) groups excluding carboxylic acids is 1. The van der Waals surface area contributed by atoms with Crippen molar-refractivity contribution in [2.45, 2.75) is 6.92 Å². The van der Waals surface area contributed by atoms with Gasteiger partial charge >= 0.3 is 0 Å². The van der Waals surface area contributed by atoms with E-state index in [-0.39, 0.29) is 5.91 Å². The van der Waals surface area contributed by atoms with Crippen LogP contribution in [0.5, 0.6) is 0 Å². The third-order valence-corrected chi connectivity index (χ3v) is 3.69. The first-order valence-corrected chi connectivity index (χ1v) is 6.90. The summed E-state index contributed by atoms with van der Waals surface area (Å²) in [4.78, 5) is 15.7. The Bertz CT molecular complexity index is 382. The van der Waals surface area contributed by atoms with Crippen LogP contribution in [-0.4, -0.2) is 22.8 Å². The van der Waals surface area contributed by atoms with Crippen molar-refractivity contribution >= 4 is 33.8 Å². The maximum absolute atomic E-state index is 11.7. The molecule has 0 N–H and O–H groups in total. The van der Waals surface area contributed by atoms with E-state index in [2.05, 4.69) is 4.99 Å². The highest BCUT2D eigenvalue weighted by atomic mass is 32.2. The zero-order valence-electron chi connectivity index (χ0n) is 8.98. The normalized spacial score (nSPS) is 9.80. The maximum Gasteiger partial charge on any atom is 0.278 e. The minimum Gasteiger partial charge on any atom is -0.267 e. The van der Waals surface area contributed by atoms with Crippen LogP contribution in [-0.2, 0) is 0 Å². The number of aryl methyl sites for hydroxylation is 1. The second-order valence-corrected chi connectivity index (χ2v) is 4.81. The summed E-state index contributed by atoms with van der Waals surface area (Å²) in [5.41, 5.74) is 1.72. The molecule has 0 radical (unpaired) electrons. The quantitative estimate of drug-likeness (QED) is 0.556. The molecule has 0 atom stereocenters. The van der Waals surface area contributed by atoms with Crippen LogP contribution < -0.4 is 0 Å². The van der Waals surface area contributed by atoms with Gasteiger partial charge in [-0.1, -0.05) is 17.7 Å². The van der Waals surface area contributed by atoms with Crippen molar-refractivity contribution in [3.63, 3.8) is 0 Å². The second kappa shape index (κ2) is 5.98. The Kier molecular flexibility index (Phi) is 4.91. The summed E-state index contributed by atoms with van der Waals surface area (Å²) in [5, 5.41) is 0. The SMILES string of the molecule is CSC(=NC(=O)c1cccc(C)c1)SC. The zero-order valence-corrected chi connectivity index (χ0v) is 10.6. The molecule has 0 aliphatic rings. The predicted molar refractivity (Wildman–Crippen MR) is 70.0 cm³/mol. The third-order valence-electron chi connectivity index (χ3n) is 1.81. The second-order valence-electron chi connectivity index (χ2n) is 2.96. The Morgan fingerprint density at radius 2 is 1.93 bits per heavy atom. The van der Waals surface area contributed by atoms with Crippen LogP contribution in [0.25, 0.3) is 0 Å². The van der Waals surface area contributed by atoms with Gasteiger partial charge in [-0.25, -0.2) is 0 Å². The molecule has 0 aliphatic carbocycles. The lowest BCUT2D eigenvalue weighted by molar-refractivity contribution is 0.100. The Labute approximate surface area is 98.6 Å². The first-order chi connectivity index (χ1) is 7.17.